The molecule has 2 rings (SSSR count). The van der Waals surface area contributed by atoms with E-state index in [1.807, 2.05) is 0 Å². The zero-order valence-corrected chi connectivity index (χ0v) is 12.4. The average Bonchev–Trinajstić information content (AvgIpc) is 3.18. The van der Waals surface area contributed by atoms with E-state index in [2.05, 4.69) is 49.7 Å². The molecule has 0 spiro atoms. The van der Waals surface area contributed by atoms with E-state index in [1.54, 1.807) is 0 Å². The Morgan fingerprint density at radius 2 is 2.21 bits per heavy atom. The molecule has 1 aromatic rings. The lowest BCUT2D eigenvalue weighted by molar-refractivity contribution is 0.681. The Kier molecular flexibility index (Phi) is 4.59. The van der Waals surface area contributed by atoms with Crippen LogP contribution in [0.3, 0.4) is 0 Å². The summed E-state index contributed by atoms with van der Waals surface area (Å²) in [5.74, 6) is 1.05. The molecule has 1 aromatic heterocycles. The van der Waals surface area contributed by atoms with Crippen molar-refractivity contribution in [3.05, 3.63) is 35.5 Å². The standard InChI is InChI=1S/C16H25N3/c1-5-19(11-12(2)3)16-9-6-14(13(4)18-16)10-17-15-7-8-15/h6,9,15,17H,2,5,7-8,10-11H2,1,3-4H3. The summed E-state index contributed by atoms with van der Waals surface area (Å²) in [6.45, 7) is 13.1. The van der Waals surface area contributed by atoms with Gasteiger partial charge in [0.25, 0.3) is 0 Å². The van der Waals surface area contributed by atoms with E-state index in [-0.39, 0.29) is 0 Å². The molecule has 0 saturated heterocycles. The van der Waals surface area contributed by atoms with Gasteiger partial charge in [0.15, 0.2) is 0 Å². The van der Waals surface area contributed by atoms with Gasteiger partial charge in [0.1, 0.15) is 5.82 Å². The quantitative estimate of drug-likeness (QED) is 0.763. The maximum atomic E-state index is 4.74. The van der Waals surface area contributed by atoms with Gasteiger partial charge in [-0.05, 0) is 45.2 Å². The van der Waals surface area contributed by atoms with E-state index in [0.717, 1.165) is 37.2 Å². The van der Waals surface area contributed by atoms with Crippen LogP contribution in [0.15, 0.2) is 24.3 Å². The lowest BCUT2D eigenvalue weighted by Gasteiger charge is -2.23. The fourth-order valence-corrected chi connectivity index (χ4v) is 2.16. The molecule has 0 amide bonds. The molecule has 1 fully saturated rings. The Morgan fingerprint density at radius 1 is 1.47 bits per heavy atom. The summed E-state index contributed by atoms with van der Waals surface area (Å²) in [6.07, 6.45) is 2.65. The molecule has 1 aliphatic carbocycles. The van der Waals surface area contributed by atoms with Crippen LogP contribution in [0.1, 0.15) is 37.9 Å². The van der Waals surface area contributed by atoms with Gasteiger partial charge < -0.3 is 10.2 Å². The van der Waals surface area contributed by atoms with Crippen molar-refractivity contribution in [3.8, 4) is 0 Å². The molecule has 3 nitrogen and oxygen atoms in total. The molecule has 1 saturated carbocycles. The molecule has 3 heteroatoms. The third kappa shape index (κ3) is 4.06. The third-order valence-electron chi connectivity index (χ3n) is 3.51. The lowest BCUT2D eigenvalue weighted by Crippen LogP contribution is -2.26. The number of likely N-dealkylation sites (N-methyl/N-ethyl adjacent to an activating group) is 1. The molecule has 1 N–H and O–H groups in total. The normalized spacial score (nSPS) is 14.5. The van der Waals surface area contributed by atoms with E-state index in [0.29, 0.717) is 0 Å². The second kappa shape index (κ2) is 6.20. The number of nitrogens with zero attached hydrogens (tertiary/aromatic N) is 2. The number of anilines is 1. The van der Waals surface area contributed by atoms with Crippen LogP contribution in [-0.2, 0) is 6.54 Å². The van der Waals surface area contributed by atoms with Crippen LogP contribution in [0.2, 0.25) is 0 Å². The van der Waals surface area contributed by atoms with Crippen LogP contribution in [-0.4, -0.2) is 24.1 Å². The SMILES string of the molecule is C=C(C)CN(CC)c1ccc(CNC2CC2)c(C)n1. The van der Waals surface area contributed by atoms with Gasteiger partial charge in [0, 0.05) is 31.4 Å². The molecule has 1 heterocycles. The highest BCUT2D eigenvalue weighted by molar-refractivity contribution is 5.42. The minimum atomic E-state index is 0.745. The monoisotopic (exact) mass is 259 g/mol. The fourth-order valence-electron chi connectivity index (χ4n) is 2.16. The van der Waals surface area contributed by atoms with Crippen molar-refractivity contribution in [1.29, 1.82) is 0 Å². The van der Waals surface area contributed by atoms with E-state index in [4.69, 9.17) is 4.98 Å². The van der Waals surface area contributed by atoms with Crippen molar-refractivity contribution in [2.75, 3.05) is 18.0 Å². The second-order valence-corrected chi connectivity index (χ2v) is 5.54. The molecular formula is C16H25N3. The first kappa shape index (κ1) is 14.1. The van der Waals surface area contributed by atoms with Gasteiger partial charge in [0.05, 0.1) is 0 Å². The van der Waals surface area contributed by atoms with Gasteiger partial charge >= 0.3 is 0 Å². The summed E-state index contributed by atoms with van der Waals surface area (Å²) in [6, 6.07) is 5.08. The van der Waals surface area contributed by atoms with Gasteiger partial charge in [-0.1, -0.05) is 18.2 Å². The predicted molar refractivity (Wildman–Crippen MR) is 81.5 cm³/mol. The summed E-state index contributed by atoms with van der Waals surface area (Å²) in [5.41, 5.74) is 3.61. The summed E-state index contributed by atoms with van der Waals surface area (Å²) < 4.78 is 0. The molecule has 0 aliphatic heterocycles. The number of nitrogens with one attached hydrogen (secondary N) is 1. The summed E-state index contributed by atoms with van der Waals surface area (Å²) >= 11 is 0. The van der Waals surface area contributed by atoms with Crippen LogP contribution in [0, 0.1) is 6.92 Å². The van der Waals surface area contributed by atoms with Crippen LogP contribution in [0.4, 0.5) is 5.82 Å². The molecule has 0 atom stereocenters. The maximum Gasteiger partial charge on any atom is 0.129 e. The fraction of sp³-hybridized carbons (Fsp3) is 0.562. The Bertz CT molecular complexity index is 449. The molecular weight excluding hydrogens is 234 g/mol. The Hall–Kier alpha value is -1.35. The number of rotatable bonds is 7. The smallest absolute Gasteiger partial charge is 0.129 e. The van der Waals surface area contributed by atoms with Gasteiger partial charge in [0.2, 0.25) is 0 Å². The Labute approximate surface area is 116 Å². The summed E-state index contributed by atoms with van der Waals surface area (Å²) in [4.78, 5) is 7.00. The third-order valence-corrected chi connectivity index (χ3v) is 3.51. The number of aromatic nitrogens is 1. The number of hydrogen-bond donors (Lipinski definition) is 1. The van der Waals surface area contributed by atoms with Crippen LogP contribution >= 0.6 is 0 Å². The largest absolute Gasteiger partial charge is 0.353 e. The van der Waals surface area contributed by atoms with E-state index >= 15 is 0 Å². The van der Waals surface area contributed by atoms with Crippen LogP contribution in [0.25, 0.3) is 0 Å². The van der Waals surface area contributed by atoms with E-state index < -0.39 is 0 Å². The lowest BCUT2D eigenvalue weighted by atomic mass is 10.2. The van der Waals surface area contributed by atoms with Crippen molar-refractivity contribution in [2.45, 2.75) is 46.2 Å². The first-order valence-corrected chi connectivity index (χ1v) is 7.19. The van der Waals surface area contributed by atoms with Crippen molar-refractivity contribution >= 4 is 5.82 Å². The number of pyridine rings is 1. The predicted octanol–water partition coefficient (Wildman–Crippen LogP) is 3.04. The van der Waals surface area contributed by atoms with E-state index in [9.17, 15) is 0 Å². The molecule has 19 heavy (non-hydrogen) atoms. The Morgan fingerprint density at radius 3 is 2.74 bits per heavy atom. The van der Waals surface area contributed by atoms with Crippen molar-refractivity contribution in [1.82, 2.24) is 10.3 Å². The van der Waals surface area contributed by atoms with Crippen LogP contribution in [0.5, 0.6) is 0 Å². The first-order valence-electron chi connectivity index (χ1n) is 7.19. The molecule has 0 aromatic carbocycles. The van der Waals surface area contributed by atoms with Crippen molar-refractivity contribution in [2.24, 2.45) is 0 Å². The zero-order chi connectivity index (χ0) is 13.8. The molecule has 104 valence electrons. The van der Waals surface area contributed by atoms with Gasteiger partial charge in [-0.3, -0.25) is 0 Å². The number of aryl methyl sites for hydroxylation is 1. The van der Waals surface area contributed by atoms with Crippen molar-refractivity contribution in [3.63, 3.8) is 0 Å². The highest BCUT2D eigenvalue weighted by Gasteiger charge is 2.20. The van der Waals surface area contributed by atoms with Gasteiger partial charge in [-0.15, -0.1) is 0 Å². The molecule has 1 aliphatic rings. The van der Waals surface area contributed by atoms with Gasteiger partial charge in [-0.25, -0.2) is 4.98 Å². The zero-order valence-electron chi connectivity index (χ0n) is 12.4. The highest BCUT2D eigenvalue weighted by Crippen LogP contribution is 2.20. The first-order chi connectivity index (χ1) is 9.10. The van der Waals surface area contributed by atoms with Crippen LogP contribution < -0.4 is 10.2 Å². The minimum absolute atomic E-state index is 0.745. The van der Waals surface area contributed by atoms with E-state index in [1.165, 1.54) is 24.0 Å². The van der Waals surface area contributed by atoms with Crippen molar-refractivity contribution < 1.29 is 0 Å². The average molecular weight is 259 g/mol. The van der Waals surface area contributed by atoms with Gasteiger partial charge in [-0.2, -0.15) is 0 Å². The second-order valence-electron chi connectivity index (χ2n) is 5.54. The summed E-state index contributed by atoms with van der Waals surface area (Å²) in [5, 5.41) is 3.54. The molecule has 0 bridgehead atoms. The highest BCUT2D eigenvalue weighted by atomic mass is 15.2. The molecule has 0 unspecified atom stereocenters. The topological polar surface area (TPSA) is 28.2 Å². The minimum Gasteiger partial charge on any atom is -0.353 e. The summed E-state index contributed by atoms with van der Waals surface area (Å²) in [7, 11) is 0. The molecule has 0 radical (unpaired) electrons. The number of hydrogen-bond acceptors (Lipinski definition) is 3. The Balaban J connectivity index is 2.04. The maximum absolute atomic E-state index is 4.74.